The molecule has 4 amide bonds. The minimum absolute atomic E-state index is 0.0548. The Labute approximate surface area is 231 Å². The second kappa shape index (κ2) is 11.6. The van der Waals surface area contributed by atoms with Crippen molar-refractivity contribution in [1.29, 1.82) is 0 Å². The van der Waals surface area contributed by atoms with Gasteiger partial charge in [-0.15, -0.1) is 21.5 Å². The lowest BCUT2D eigenvalue weighted by Crippen LogP contribution is -2.38. The fourth-order valence-corrected chi connectivity index (χ4v) is 4.77. The van der Waals surface area contributed by atoms with Crippen molar-refractivity contribution in [1.82, 2.24) is 5.32 Å². The molecule has 0 fully saturated rings. The van der Waals surface area contributed by atoms with E-state index in [1.807, 2.05) is 0 Å². The Morgan fingerprint density at radius 3 is 2.48 bits per heavy atom. The van der Waals surface area contributed by atoms with E-state index in [-0.39, 0.29) is 33.0 Å². The number of hydrogen-bond acceptors (Lipinski definition) is 8. The smallest absolute Gasteiger partial charge is 0.408 e. The largest absolute Gasteiger partial charge is 0.412 e. The Bertz CT molecular complexity index is 1530. The molecule has 40 heavy (non-hydrogen) atoms. The van der Waals surface area contributed by atoms with Crippen LogP contribution in [0.2, 0.25) is 5.02 Å². The number of amides is 4. The second-order valence-corrected chi connectivity index (χ2v) is 9.49. The molecule has 0 saturated carbocycles. The van der Waals surface area contributed by atoms with Gasteiger partial charge < -0.3 is 20.6 Å². The quantitative estimate of drug-likeness (QED) is 0.163. The van der Waals surface area contributed by atoms with Crippen molar-refractivity contribution in [2.45, 2.75) is 5.92 Å². The third-order valence-electron chi connectivity index (χ3n) is 5.58. The minimum atomic E-state index is -1.20. The number of nitrogens with zero attached hydrogens (tertiary/aromatic N) is 2. The lowest BCUT2D eigenvalue weighted by molar-refractivity contribution is -0.758. The highest BCUT2D eigenvalue weighted by molar-refractivity contribution is 7.11. The average molecular weight is 597 g/mol. The molecule has 1 unspecified atom stereocenters. The summed E-state index contributed by atoms with van der Waals surface area (Å²) >= 11 is 6.88. The van der Waals surface area contributed by atoms with Crippen molar-refractivity contribution < 1.29 is 42.2 Å². The predicted molar refractivity (Wildman–Crippen MR) is 136 cm³/mol. The zero-order chi connectivity index (χ0) is 29.1. The van der Waals surface area contributed by atoms with Crippen molar-refractivity contribution in [2.75, 3.05) is 18.1 Å². The summed E-state index contributed by atoms with van der Waals surface area (Å²) in [6, 6.07) is 6.17. The number of halogens is 4. The molecule has 0 bridgehead atoms. The van der Waals surface area contributed by atoms with Crippen LogP contribution in [-0.4, -0.2) is 36.3 Å². The summed E-state index contributed by atoms with van der Waals surface area (Å²) in [5.74, 6) is -5.33. The van der Waals surface area contributed by atoms with Crippen molar-refractivity contribution >= 4 is 58.0 Å². The lowest BCUT2D eigenvalue weighted by Gasteiger charge is -2.18. The van der Waals surface area contributed by atoms with Gasteiger partial charge >= 0.3 is 12.1 Å². The predicted octanol–water partition coefficient (Wildman–Crippen LogP) is 4.83. The molecule has 2 aromatic carbocycles. The monoisotopic (exact) mass is 596 g/mol. The molecule has 4 rings (SSSR count). The number of rotatable bonds is 8. The lowest BCUT2D eigenvalue weighted by atomic mass is 10.00. The van der Waals surface area contributed by atoms with Crippen LogP contribution in [0.5, 0.6) is 0 Å². The summed E-state index contributed by atoms with van der Waals surface area (Å²) in [5, 5.41) is 13.1. The number of nitrogens with one attached hydrogen (secondary N) is 1. The van der Waals surface area contributed by atoms with Gasteiger partial charge in [0.2, 0.25) is 0 Å². The topological polar surface area (TPSA) is 154 Å². The van der Waals surface area contributed by atoms with E-state index < -0.39 is 64.7 Å². The van der Waals surface area contributed by atoms with Gasteiger partial charge in [-0.3, -0.25) is 4.79 Å². The van der Waals surface area contributed by atoms with Crippen LogP contribution in [0.3, 0.4) is 0 Å². The molecule has 208 valence electrons. The number of fused-ring (bicyclic) bond motifs is 1. The van der Waals surface area contributed by atoms with Crippen molar-refractivity contribution in [3.05, 3.63) is 96.4 Å². The van der Waals surface area contributed by atoms with E-state index in [1.165, 1.54) is 6.07 Å². The van der Waals surface area contributed by atoms with Crippen LogP contribution in [-0.2, 0) is 14.4 Å². The fraction of sp³-hybridized carbons (Fsp3) is 0.125. The molecule has 3 N–H and O–H groups in total. The molecular formula is C24H16ClF3N4O7S. The number of hydrogen-bond donors (Lipinski definition) is 2. The van der Waals surface area contributed by atoms with Gasteiger partial charge in [-0.05, 0) is 41.3 Å². The highest BCUT2D eigenvalue weighted by atomic mass is 35.5. The van der Waals surface area contributed by atoms with Crippen molar-refractivity contribution in [3.8, 4) is 0 Å². The number of benzene rings is 2. The Kier molecular flexibility index (Phi) is 8.25. The van der Waals surface area contributed by atoms with Gasteiger partial charge in [0.1, 0.15) is 24.1 Å². The molecular weight excluding hydrogens is 581 g/mol. The number of alkyl carbamates (subject to hydrolysis) is 1. The first-order chi connectivity index (χ1) is 19.0. The maximum absolute atomic E-state index is 14.4. The fourth-order valence-electron chi connectivity index (χ4n) is 3.90. The molecule has 0 saturated heterocycles. The first-order valence-corrected chi connectivity index (χ1v) is 12.3. The zero-order valence-corrected chi connectivity index (χ0v) is 21.4. The van der Waals surface area contributed by atoms with Crippen LogP contribution in [0.25, 0.3) is 11.3 Å². The highest BCUT2D eigenvalue weighted by Gasteiger charge is 2.40. The van der Waals surface area contributed by atoms with E-state index in [9.17, 15) is 37.7 Å². The number of imide groups is 1. The van der Waals surface area contributed by atoms with E-state index in [1.54, 1.807) is 11.4 Å². The molecule has 11 nitrogen and oxygen atoms in total. The molecule has 16 heteroatoms. The van der Waals surface area contributed by atoms with E-state index in [0.717, 1.165) is 35.6 Å². The van der Waals surface area contributed by atoms with E-state index >= 15 is 0 Å². The average Bonchev–Trinajstić information content (AvgIpc) is 3.48. The minimum Gasteiger partial charge on any atom is -0.408 e. The highest BCUT2D eigenvalue weighted by Crippen LogP contribution is 2.44. The summed E-state index contributed by atoms with van der Waals surface area (Å²) in [6.45, 7) is -1.13. The molecule has 1 atom stereocenters. The summed E-state index contributed by atoms with van der Waals surface area (Å²) < 4.78 is 47.3. The summed E-state index contributed by atoms with van der Waals surface area (Å²) in [6.07, 6.45) is -1.19. The van der Waals surface area contributed by atoms with Gasteiger partial charge in [0.25, 0.3) is 11.0 Å². The van der Waals surface area contributed by atoms with Crippen LogP contribution in [0.15, 0.2) is 47.8 Å². The number of anilines is 1. The number of carbonyl (C=O) groups is 3. The van der Waals surface area contributed by atoms with E-state index in [2.05, 4.69) is 10.2 Å². The summed E-state index contributed by atoms with van der Waals surface area (Å²) in [7, 11) is 0. The van der Waals surface area contributed by atoms with Crippen LogP contribution in [0, 0.1) is 27.6 Å². The molecule has 0 radical (unpaired) electrons. The first-order valence-electron chi connectivity index (χ1n) is 11.1. The number of primary amides is 1. The molecule has 3 aromatic rings. The second-order valence-electron chi connectivity index (χ2n) is 8.13. The number of carbonyl (C=O) groups excluding carboxylic acids is 3. The third-order valence-corrected chi connectivity index (χ3v) is 6.74. The van der Waals surface area contributed by atoms with Gasteiger partial charge in [0.15, 0.2) is 5.76 Å². The Morgan fingerprint density at radius 1 is 1.18 bits per heavy atom. The first kappa shape index (κ1) is 28.4. The van der Waals surface area contributed by atoms with E-state index in [0.29, 0.717) is 11.0 Å². The Morgan fingerprint density at radius 2 is 1.88 bits per heavy atom. The standard InChI is InChI=1S/C24H16ClF3N4O7S/c25-16-8-18-15(7-17(16)28)20(22(33)31(18)23(29)34)21(19-2-1-3-40-19)39-24(35)30-9-12(10-38-32(36)37)11-4-13(26)6-14(27)5-11/h1-8,12H,9-10H2,(H2,29,34)(H,30,35)/b21-20-. The van der Waals surface area contributed by atoms with Gasteiger partial charge in [-0.2, -0.15) is 0 Å². The number of thiophene rings is 1. The zero-order valence-electron chi connectivity index (χ0n) is 19.9. The van der Waals surface area contributed by atoms with E-state index in [4.69, 9.17) is 22.1 Å². The van der Waals surface area contributed by atoms with Crippen molar-refractivity contribution in [3.63, 3.8) is 0 Å². The van der Waals surface area contributed by atoms with Crippen LogP contribution in [0.1, 0.15) is 21.9 Å². The maximum Gasteiger partial charge on any atom is 0.412 e. The summed E-state index contributed by atoms with van der Waals surface area (Å²) in [5.41, 5.74) is 4.66. The van der Waals surface area contributed by atoms with Crippen LogP contribution >= 0.6 is 22.9 Å². The third kappa shape index (κ3) is 6.00. The maximum atomic E-state index is 14.4. The normalized spacial score (nSPS) is 14.4. The molecule has 0 aliphatic carbocycles. The van der Waals surface area contributed by atoms with Crippen LogP contribution in [0.4, 0.5) is 28.4 Å². The molecule has 1 aliphatic rings. The summed E-state index contributed by atoms with van der Waals surface area (Å²) in [4.78, 5) is 54.0. The molecule has 1 aromatic heterocycles. The molecule has 2 heterocycles. The number of ether oxygens (including phenoxy) is 1. The number of urea groups is 1. The van der Waals surface area contributed by atoms with Crippen LogP contribution < -0.4 is 16.0 Å². The van der Waals surface area contributed by atoms with Gasteiger partial charge in [-0.1, -0.05) is 17.7 Å². The van der Waals surface area contributed by atoms with Gasteiger partial charge in [-0.25, -0.2) is 27.7 Å². The Balaban J connectivity index is 1.68. The van der Waals surface area contributed by atoms with Crippen molar-refractivity contribution in [2.24, 2.45) is 5.73 Å². The SMILES string of the molecule is NC(=O)N1C(=O)/C(=C(\OC(=O)NCC(CO[N+](=O)[O-])c2cc(F)cc(F)c2)c2cccs2)c2cc(F)c(Cl)cc21. The molecule has 1 aliphatic heterocycles. The molecule has 0 spiro atoms. The Hall–Kier alpha value is -4.63. The van der Waals surface area contributed by atoms with Gasteiger partial charge in [0, 0.05) is 24.1 Å². The number of nitrogens with two attached hydrogens (primary N) is 1. The van der Waals surface area contributed by atoms with Gasteiger partial charge in [0.05, 0.1) is 21.2 Å².